The SMILES string of the molecule is CCc1[nH]c2ccc(OC)c(O)c2c1C(=O)O. The van der Waals surface area contributed by atoms with Gasteiger partial charge in [-0.3, -0.25) is 0 Å². The minimum absolute atomic E-state index is 0.110. The number of rotatable bonds is 3. The summed E-state index contributed by atoms with van der Waals surface area (Å²) in [5.74, 6) is -0.934. The Hall–Kier alpha value is -2.17. The van der Waals surface area contributed by atoms with Crippen LogP contribution in [0.5, 0.6) is 11.5 Å². The van der Waals surface area contributed by atoms with Crippen LogP contribution in [0.25, 0.3) is 10.9 Å². The van der Waals surface area contributed by atoms with Crippen LogP contribution in [0.3, 0.4) is 0 Å². The molecule has 0 saturated heterocycles. The molecule has 0 aliphatic heterocycles. The number of aromatic amines is 1. The highest BCUT2D eigenvalue weighted by molar-refractivity contribution is 6.08. The van der Waals surface area contributed by atoms with E-state index in [-0.39, 0.29) is 17.1 Å². The number of phenolic OH excluding ortho intramolecular Hbond substituents is 1. The van der Waals surface area contributed by atoms with E-state index in [1.807, 2.05) is 6.92 Å². The summed E-state index contributed by atoms with van der Waals surface area (Å²) in [5.41, 5.74) is 1.30. The molecule has 2 rings (SSSR count). The number of aryl methyl sites for hydroxylation is 1. The number of ether oxygens (including phenoxy) is 1. The van der Waals surface area contributed by atoms with E-state index in [0.29, 0.717) is 23.0 Å². The maximum absolute atomic E-state index is 11.2. The fraction of sp³-hybridized carbons (Fsp3) is 0.250. The van der Waals surface area contributed by atoms with Gasteiger partial charge in [0.1, 0.15) is 0 Å². The summed E-state index contributed by atoms with van der Waals surface area (Å²) in [6.07, 6.45) is 0.554. The van der Waals surface area contributed by atoms with Crippen molar-refractivity contribution < 1.29 is 19.7 Å². The lowest BCUT2D eigenvalue weighted by Crippen LogP contribution is -1.99. The van der Waals surface area contributed by atoms with Gasteiger partial charge in [-0.2, -0.15) is 0 Å². The normalized spacial score (nSPS) is 10.7. The molecule has 0 atom stereocenters. The third-order valence-electron chi connectivity index (χ3n) is 2.77. The predicted octanol–water partition coefficient (Wildman–Crippen LogP) is 2.14. The Morgan fingerprint density at radius 3 is 2.71 bits per heavy atom. The molecule has 0 bridgehead atoms. The molecule has 0 aliphatic carbocycles. The lowest BCUT2D eigenvalue weighted by molar-refractivity contribution is 0.0697. The molecule has 5 nitrogen and oxygen atoms in total. The Balaban J connectivity index is 2.87. The molecule has 0 amide bonds. The smallest absolute Gasteiger partial charge is 0.338 e. The van der Waals surface area contributed by atoms with E-state index < -0.39 is 5.97 Å². The van der Waals surface area contributed by atoms with Gasteiger partial charge in [-0.25, -0.2) is 4.79 Å². The highest BCUT2D eigenvalue weighted by atomic mass is 16.5. The number of carbonyl (C=O) groups is 1. The number of H-pyrrole nitrogens is 1. The van der Waals surface area contributed by atoms with E-state index in [1.54, 1.807) is 12.1 Å². The summed E-state index contributed by atoms with van der Waals surface area (Å²) in [4.78, 5) is 14.2. The summed E-state index contributed by atoms with van der Waals surface area (Å²) in [5, 5.41) is 19.5. The van der Waals surface area contributed by atoms with E-state index in [4.69, 9.17) is 4.74 Å². The van der Waals surface area contributed by atoms with Crippen LogP contribution in [0.4, 0.5) is 0 Å². The van der Waals surface area contributed by atoms with E-state index >= 15 is 0 Å². The number of aromatic hydroxyl groups is 1. The molecule has 1 aromatic heterocycles. The van der Waals surface area contributed by atoms with Gasteiger partial charge in [0.05, 0.1) is 23.6 Å². The zero-order valence-electron chi connectivity index (χ0n) is 9.57. The second-order valence-electron chi connectivity index (χ2n) is 3.68. The van der Waals surface area contributed by atoms with Gasteiger partial charge in [0.25, 0.3) is 0 Å². The zero-order valence-corrected chi connectivity index (χ0v) is 9.57. The number of phenols is 1. The van der Waals surface area contributed by atoms with Gasteiger partial charge in [0.2, 0.25) is 0 Å². The Kier molecular flexibility index (Phi) is 2.67. The average molecular weight is 235 g/mol. The molecule has 0 unspecified atom stereocenters. The van der Waals surface area contributed by atoms with Gasteiger partial charge in [0, 0.05) is 5.69 Å². The molecule has 0 fully saturated rings. The number of aromatic nitrogens is 1. The van der Waals surface area contributed by atoms with Crippen molar-refractivity contribution in [2.24, 2.45) is 0 Å². The Morgan fingerprint density at radius 2 is 2.18 bits per heavy atom. The lowest BCUT2D eigenvalue weighted by Gasteiger charge is -2.04. The quantitative estimate of drug-likeness (QED) is 0.761. The second-order valence-corrected chi connectivity index (χ2v) is 3.68. The summed E-state index contributed by atoms with van der Waals surface area (Å²) >= 11 is 0. The molecule has 1 aromatic carbocycles. The number of fused-ring (bicyclic) bond motifs is 1. The minimum atomic E-state index is -1.06. The Bertz CT molecular complexity index is 586. The average Bonchev–Trinajstić information content (AvgIpc) is 2.69. The molecule has 0 aliphatic rings. The molecular weight excluding hydrogens is 222 g/mol. The molecule has 0 saturated carbocycles. The number of nitrogens with one attached hydrogen (secondary N) is 1. The van der Waals surface area contributed by atoms with Crippen molar-refractivity contribution in [3.8, 4) is 11.5 Å². The van der Waals surface area contributed by atoms with Gasteiger partial charge < -0.3 is 19.9 Å². The van der Waals surface area contributed by atoms with Crippen LogP contribution in [-0.4, -0.2) is 28.3 Å². The number of carboxylic acids is 1. The second kappa shape index (κ2) is 4.01. The van der Waals surface area contributed by atoms with Gasteiger partial charge in [-0.15, -0.1) is 0 Å². The zero-order chi connectivity index (χ0) is 12.6. The van der Waals surface area contributed by atoms with Gasteiger partial charge in [-0.05, 0) is 18.6 Å². The Labute approximate surface area is 97.6 Å². The maximum atomic E-state index is 11.2. The monoisotopic (exact) mass is 235 g/mol. The van der Waals surface area contributed by atoms with Crippen molar-refractivity contribution in [3.63, 3.8) is 0 Å². The number of aromatic carboxylic acids is 1. The summed E-state index contributed by atoms with van der Waals surface area (Å²) in [6.45, 7) is 1.85. The molecule has 3 N–H and O–H groups in total. The Morgan fingerprint density at radius 1 is 1.47 bits per heavy atom. The van der Waals surface area contributed by atoms with Gasteiger partial charge in [-0.1, -0.05) is 6.92 Å². The van der Waals surface area contributed by atoms with Crippen LogP contribution in [-0.2, 0) is 6.42 Å². The molecule has 0 spiro atoms. The van der Waals surface area contributed by atoms with E-state index in [2.05, 4.69) is 4.98 Å². The van der Waals surface area contributed by atoms with Crippen molar-refractivity contribution in [3.05, 3.63) is 23.4 Å². The minimum Gasteiger partial charge on any atom is -0.504 e. The van der Waals surface area contributed by atoms with Crippen LogP contribution >= 0.6 is 0 Å². The first kappa shape index (κ1) is 11.3. The standard InChI is InChI=1S/C12H13NO4/c1-3-6-10(12(15)16)9-7(13-6)4-5-8(17-2)11(9)14/h4-5,13-14H,3H2,1-2H3,(H,15,16). The van der Waals surface area contributed by atoms with Crippen molar-refractivity contribution in [2.75, 3.05) is 7.11 Å². The topological polar surface area (TPSA) is 82.5 Å². The summed E-state index contributed by atoms with van der Waals surface area (Å²) < 4.78 is 4.97. The van der Waals surface area contributed by atoms with Crippen LogP contribution in [0.1, 0.15) is 23.0 Å². The van der Waals surface area contributed by atoms with Crippen LogP contribution in [0.15, 0.2) is 12.1 Å². The van der Waals surface area contributed by atoms with Crippen LogP contribution < -0.4 is 4.74 Å². The van der Waals surface area contributed by atoms with Gasteiger partial charge in [0.15, 0.2) is 11.5 Å². The number of hydrogen-bond acceptors (Lipinski definition) is 3. The predicted molar refractivity (Wildman–Crippen MR) is 62.9 cm³/mol. The fourth-order valence-electron chi connectivity index (χ4n) is 1.97. The van der Waals surface area contributed by atoms with Crippen molar-refractivity contribution in [1.29, 1.82) is 0 Å². The fourth-order valence-corrected chi connectivity index (χ4v) is 1.97. The molecule has 0 radical (unpaired) electrons. The largest absolute Gasteiger partial charge is 0.504 e. The molecule has 90 valence electrons. The molecule has 17 heavy (non-hydrogen) atoms. The molecular formula is C12H13NO4. The summed E-state index contributed by atoms with van der Waals surface area (Å²) in [6, 6.07) is 3.29. The van der Waals surface area contributed by atoms with Crippen molar-refractivity contribution in [2.45, 2.75) is 13.3 Å². The van der Waals surface area contributed by atoms with Crippen LogP contribution in [0.2, 0.25) is 0 Å². The highest BCUT2D eigenvalue weighted by Gasteiger charge is 2.21. The number of carboxylic acid groups (broad SMARTS) is 1. The molecule has 2 aromatic rings. The maximum Gasteiger partial charge on any atom is 0.338 e. The first-order valence-electron chi connectivity index (χ1n) is 5.24. The van der Waals surface area contributed by atoms with E-state index in [9.17, 15) is 15.0 Å². The number of methoxy groups -OCH3 is 1. The third-order valence-corrected chi connectivity index (χ3v) is 2.77. The first-order valence-corrected chi connectivity index (χ1v) is 5.24. The van der Waals surface area contributed by atoms with Crippen molar-refractivity contribution in [1.82, 2.24) is 4.98 Å². The molecule has 1 heterocycles. The summed E-state index contributed by atoms with van der Waals surface area (Å²) in [7, 11) is 1.43. The number of hydrogen-bond donors (Lipinski definition) is 3. The van der Waals surface area contributed by atoms with E-state index in [1.165, 1.54) is 7.11 Å². The van der Waals surface area contributed by atoms with Crippen molar-refractivity contribution >= 4 is 16.9 Å². The van der Waals surface area contributed by atoms with Crippen LogP contribution in [0, 0.1) is 0 Å². The van der Waals surface area contributed by atoms with E-state index in [0.717, 1.165) is 0 Å². The number of benzene rings is 1. The highest BCUT2D eigenvalue weighted by Crippen LogP contribution is 2.37. The van der Waals surface area contributed by atoms with Gasteiger partial charge >= 0.3 is 5.97 Å². The lowest BCUT2D eigenvalue weighted by atomic mass is 10.1. The third kappa shape index (κ3) is 1.60. The first-order chi connectivity index (χ1) is 8.10. The molecule has 5 heteroatoms.